The Hall–Kier alpha value is -6.06. The Balaban J connectivity index is 1.34. The minimum Gasteiger partial charge on any atom is -0.456 e. The number of para-hydroxylation sites is 3. The molecule has 3 heterocycles. The van der Waals surface area contributed by atoms with Crippen molar-refractivity contribution >= 4 is 65.6 Å². The minimum absolute atomic E-state index is 0.913. The Morgan fingerprint density at radius 2 is 0.911 bits per heavy atom. The Morgan fingerprint density at radius 3 is 1.76 bits per heavy atom. The van der Waals surface area contributed by atoms with Gasteiger partial charge in [0.05, 0.1) is 22.1 Å². The Morgan fingerprint density at radius 1 is 0.311 bits per heavy atom. The molecular weight excluding hydrogens is 548 g/mol. The van der Waals surface area contributed by atoms with Gasteiger partial charge in [0, 0.05) is 43.7 Å². The van der Waals surface area contributed by atoms with E-state index in [0.717, 1.165) is 33.3 Å². The summed E-state index contributed by atoms with van der Waals surface area (Å²) in [5.74, 6) is 0. The van der Waals surface area contributed by atoms with Crippen molar-refractivity contribution in [3.63, 3.8) is 0 Å². The molecule has 0 amide bonds. The molecule has 10 rings (SSSR count). The number of hydrogen-bond acceptors (Lipinski definition) is 1. The van der Waals surface area contributed by atoms with E-state index in [0.29, 0.717) is 0 Å². The van der Waals surface area contributed by atoms with Crippen molar-refractivity contribution in [2.24, 2.45) is 0 Å². The van der Waals surface area contributed by atoms with E-state index in [1.165, 1.54) is 54.7 Å². The molecule has 3 heteroatoms. The average molecular weight is 575 g/mol. The number of benzene rings is 7. The summed E-state index contributed by atoms with van der Waals surface area (Å²) >= 11 is 0. The van der Waals surface area contributed by atoms with Gasteiger partial charge >= 0.3 is 0 Å². The van der Waals surface area contributed by atoms with Crippen molar-refractivity contribution in [2.75, 3.05) is 0 Å². The summed E-state index contributed by atoms with van der Waals surface area (Å²) in [6.07, 6.45) is 0. The Kier molecular flexibility index (Phi) is 5.00. The number of rotatable bonds is 3. The van der Waals surface area contributed by atoms with Crippen LogP contribution in [0.2, 0.25) is 0 Å². The van der Waals surface area contributed by atoms with E-state index in [1.807, 2.05) is 6.07 Å². The maximum atomic E-state index is 6.38. The molecule has 0 atom stereocenters. The second kappa shape index (κ2) is 9.22. The van der Waals surface area contributed by atoms with Crippen LogP contribution >= 0.6 is 0 Å². The topological polar surface area (TPSA) is 23.0 Å². The SMILES string of the molecule is c1ccc(-c2cccc(-n3c4ccccc4c4cc5c6cc7oc8ccccc8c7cc6n(-c6ccccc6)c5cc43)c2)cc1. The molecule has 0 unspecified atom stereocenters. The number of furan rings is 1. The summed E-state index contributed by atoms with van der Waals surface area (Å²) in [7, 11) is 0. The highest BCUT2D eigenvalue weighted by atomic mass is 16.3. The maximum absolute atomic E-state index is 6.38. The molecule has 7 aromatic carbocycles. The molecular formula is C42H26N2O. The normalized spacial score (nSPS) is 12.0. The van der Waals surface area contributed by atoms with E-state index in [2.05, 4.69) is 161 Å². The van der Waals surface area contributed by atoms with Gasteiger partial charge in [-0.3, -0.25) is 0 Å². The van der Waals surface area contributed by atoms with Gasteiger partial charge in [0.15, 0.2) is 0 Å². The lowest BCUT2D eigenvalue weighted by molar-refractivity contribution is 0.669. The molecule has 0 fully saturated rings. The van der Waals surface area contributed by atoms with Gasteiger partial charge in [0.2, 0.25) is 0 Å². The molecule has 0 N–H and O–H groups in total. The third kappa shape index (κ3) is 3.52. The summed E-state index contributed by atoms with van der Waals surface area (Å²) in [6, 6.07) is 56.6. The second-order valence-corrected chi connectivity index (χ2v) is 11.8. The average Bonchev–Trinajstić information content (AvgIpc) is 3.74. The maximum Gasteiger partial charge on any atom is 0.136 e. The molecule has 0 aliphatic heterocycles. The lowest BCUT2D eigenvalue weighted by Crippen LogP contribution is -1.96. The quantitative estimate of drug-likeness (QED) is 0.206. The fraction of sp³-hybridized carbons (Fsp3) is 0. The van der Waals surface area contributed by atoms with Crippen LogP contribution in [0.25, 0.3) is 88.1 Å². The highest BCUT2D eigenvalue weighted by Crippen LogP contribution is 2.42. The van der Waals surface area contributed by atoms with Crippen molar-refractivity contribution < 1.29 is 4.42 Å². The molecule has 0 bridgehead atoms. The third-order valence-electron chi connectivity index (χ3n) is 9.28. The number of hydrogen-bond donors (Lipinski definition) is 0. The fourth-order valence-corrected chi connectivity index (χ4v) is 7.28. The monoisotopic (exact) mass is 574 g/mol. The van der Waals surface area contributed by atoms with Gasteiger partial charge in [-0.25, -0.2) is 0 Å². The standard InChI is InChI=1S/C42H26N2O/c1-3-12-27(13-4-1)28-14-11-17-30(22-28)44-37-20-9-7-18-31(37)33-23-34-35-25-42-36(32-19-8-10-21-41(32)45-42)24-38(35)43(40(34)26-39(33)44)29-15-5-2-6-16-29/h1-26H. The summed E-state index contributed by atoms with van der Waals surface area (Å²) < 4.78 is 11.2. The molecule has 0 aliphatic carbocycles. The first-order valence-corrected chi connectivity index (χ1v) is 15.4. The van der Waals surface area contributed by atoms with E-state index in [9.17, 15) is 0 Å². The zero-order chi connectivity index (χ0) is 29.5. The molecule has 0 saturated carbocycles. The second-order valence-electron chi connectivity index (χ2n) is 11.8. The molecule has 0 radical (unpaired) electrons. The lowest BCUT2D eigenvalue weighted by Gasteiger charge is -2.11. The highest BCUT2D eigenvalue weighted by Gasteiger charge is 2.20. The van der Waals surface area contributed by atoms with E-state index < -0.39 is 0 Å². The summed E-state index contributed by atoms with van der Waals surface area (Å²) in [5.41, 5.74) is 11.2. The van der Waals surface area contributed by atoms with Crippen molar-refractivity contribution in [1.82, 2.24) is 9.13 Å². The van der Waals surface area contributed by atoms with E-state index >= 15 is 0 Å². The third-order valence-corrected chi connectivity index (χ3v) is 9.28. The zero-order valence-electron chi connectivity index (χ0n) is 24.3. The van der Waals surface area contributed by atoms with Crippen molar-refractivity contribution in [3.05, 3.63) is 158 Å². The fourth-order valence-electron chi connectivity index (χ4n) is 7.28. The predicted octanol–water partition coefficient (Wildman–Crippen LogP) is 11.4. The number of nitrogens with zero attached hydrogens (tertiary/aromatic N) is 2. The van der Waals surface area contributed by atoms with E-state index in [4.69, 9.17) is 4.42 Å². The molecule has 3 nitrogen and oxygen atoms in total. The first-order chi connectivity index (χ1) is 22.3. The van der Waals surface area contributed by atoms with Crippen LogP contribution in [0.4, 0.5) is 0 Å². The zero-order valence-corrected chi connectivity index (χ0v) is 24.3. The lowest BCUT2D eigenvalue weighted by atomic mass is 10.1. The first-order valence-electron chi connectivity index (χ1n) is 15.4. The summed E-state index contributed by atoms with van der Waals surface area (Å²) in [4.78, 5) is 0. The molecule has 10 aromatic rings. The molecule has 45 heavy (non-hydrogen) atoms. The molecule has 0 aliphatic rings. The van der Waals surface area contributed by atoms with Gasteiger partial charge in [-0.05, 0) is 71.8 Å². The van der Waals surface area contributed by atoms with Crippen molar-refractivity contribution in [1.29, 1.82) is 0 Å². The minimum atomic E-state index is 0.913. The van der Waals surface area contributed by atoms with Gasteiger partial charge in [0.25, 0.3) is 0 Å². The van der Waals surface area contributed by atoms with Crippen LogP contribution in [0.5, 0.6) is 0 Å². The van der Waals surface area contributed by atoms with Crippen LogP contribution in [-0.4, -0.2) is 9.13 Å². The highest BCUT2D eigenvalue weighted by molar-refractivity contribution is 6.22. The van der Waals surface area contributed by atoms with Gasteiger partial charge in [-0.1, -0.05) is 97.1 Å². The van der Waals surface area contributed by atoms with Gasteiger partial charge in [0.1, 0.15) is 11.2 Å². The first kappa shape index (κ1) is 24.4. The van der Waals surface area contributed by atoms with Crippen LogP contribution in [0.15, 0.2) is 162 Å². The molecule has 0 spiro atoms. The van der Waals surface area contributed by atoms with E-state index in [1.54, 1.807) is 0 Å². The Bertz CT molecular complexity index is 2740. The number of fused-ring (bicyclic) bond motifs is 9. The molecule has 0 saturated heterocycles. The van der Waals surface area contributed by atoms with Gasteiger partial charge in [-0.15, -0.1) is 0 Å². The van der Waals surface area contributed by atoms with E-state index in [-0.39, 0.29) is 0 Å². The smallest absolute Gasteiger partial charge is 0.136 e. The summed E-state index contributed by atoms with van der Waals surface area (Å²) in [5, 5.41) is 7.15. The van der Waals surface area contributed by atoms with Crippen LogP contribution in [-0.2, 0) is 0 Å². The number of aromatic nitrogens is 2. The molecule has 210 valence electrons. The summed E-state index contributed by atoms with van der Waals surface area (Å²) in [6.45, 7) is 0. The largest absolute Gasteiger partial charge is 0.456 e. The Labute approximate surface area is 258 Å². The van der Waals surface area contributed by atoms with Gasteiger partial charge < -0.3 is 13.6 Å². The van der Waals surface area contributed by atoms with Crippen molar-refractivity contribution in [2.45, 2.75) is 0 Å². The van der Waals surface area contributed by atoms with Crippen LogP contribution in [0.3, 0.4) is 0 Å². The molecule has 3 aromatic heterocycles. The van der Waals surface area contributed by atoms with Crippen molar-refractivity contribution in [3.8, 4) is 22.5 Å². The predicted molar refractivity (Wildman–Crippen MR) is 188 cm³/mol. The van der Waals surface area contributed by atoms with Crippen LogP contribution in [0, 0.1) is 0 Å². The van der Waals surface area contributed by atoms with Crippen LogP contribution < -0.4 is 0 Å². The van der Waals surface area contributed by atoms with Crippen LogP contribution in [0.1, 0.15) is 0 Å². The van der Waals surface area contributed by atoms with Gasteiger partial charge in [-0.2, -0.15) is 0 Å².